The van der Waals surface area contributed by atoms with E-state index in [0.29, 0.717) is 22.5 Å². The van der Waals surface area contributed by atoms with Crippen LogP contribution in [0.15, 0.2) is 84.6 Å². The van der Waals surface area contributed by atoms with Crippen molar-refractivity contribution in [3.05, 3.63) is 119 Å². The summed E-state index contributed by atoms with van der Waals surface area (Å²) >= 11 is 1.57. The Bertz CT molecular complexity index is 3430. The first kappa shape index (κ1) is 58.4. The molecule has 23 heteroatoms. The molecule has 0 saturated carbocycles. The van der Waals surface area contributed by atoms with Gasteiger partial charge in [0.15, 0.2) is 5.82 Å². The molecule has 5 N–H and O–H groups in total. The Morgan fingerprint density at radius 2 is 1.56 bits per heavy atom. The molecule has 0 bridgehead atoms. The molecule has 10 rings (SSSR count). The number of carbonyl (C=O) groups is 4. The Hall–Kier alpha value is -6.76. The molecule has 4 fully saturated rings. The van der Waals surface area contributed by atoms with E-state index in [2.05, 4.69) is 40.3 Å². The number of β-amino-alcohol motifs (C(OH)–C–C–N with tert-alkyl or cyclic N) is 1. The number of halogens is 3. The topological polar surface area (TPSA) is 217 Å². The van der Waals surface area contributed by atoms with Crippen LogP contribution in [0.1, 0.15) is 86.6 Å². The number of alkyl halides is 1. The molecular formula is C59H70F3N11O7S2. The lowest BCUT2D eigenvalue weighted by Gasteiger charge is -2.40. The molecule has 436 valence electrons. The lowest BCUT2D eigenvalue weighted by Crippen LogP contribution is -2.59. The zero-order chi connectivity index (χ0) is 58.2. The van der Waals surface area contributed by atoms with Crippen LogP contribution in [-0.2, 0) is 24.6 Å². The van der Waals surface area contributed by atoms with Gasteiger partial charge in [-0.05, 0) is 105 Å². The van der Waals surface area contributed by atoms with Crippen molar-refractivity contribution in [2.24, 2.45) is 11.3 Å². The van der Waals surface area contributed by atoms with Crippen LogP contribution >= 0.6 is 11.3 Å². The van der Waals surface area contributed by atoms with Crippen molar-refractivity contribution in [3.8, 4) is 21.6 Å². The van der Waals surface area contributed by atoms with Gasteiger partial charge in [-0.15, -0.1) is 11.3 Å². The van der Waals surface area contributed by atoms with E-state index in [4.69, 9.17) is 0 Å². The highest BCUT2D eigenvalue weighted by Crippen LogP contribution is 2.34. The number of piperazine rings is 1. The number of ketones is 1. The fourth-order valence-electron chi connectivity index (χ4n) is 11.6. The second kappa shape index (κ2) is 24.2. The molecular weight excluding hydrogens is 1100 g/mol. The number of carbonyl (C=O) groups excluding carboxylic acids is 4. The van der Waals surface area contributed by atoms with Crippen molar-refractivity contribution in [1.29, 1.82) is 0 Å². The molecule has 4 aliphatic rings. The van der Waals surface area contributed by atoms with E-state index < -0.39 is 81.1 Å². The van der Waals surface area contributed by atoms with Crippen LogP contribution in [0, 0.1) is 29.9 Å². The van der Waals surface area contributed by atoms with Gasteiger partial charge >= 0.3 is 10.2 Å². The Kier molecular flexibility index (Phi) is 17.3. The number of aromatic amines is 1. The summed E-state index contributed by atoms with van der Waals surface area (Å²) in [5.74, 6) is -4.14. The van der Waals surface area contributed by atoms with E-state index in [-0.39, 0.29) is 55.9 Å². The van der Waals surface area contributed by atoms with Crippen LogP contribution in [0.4, 0.5) is 24.5 Å². The summed E-state index contributed by atoms with van der Waals surface area (Å²) in [6.45, 7) is 15.0. The number of nitrogens with zero attached hydrogens (tertiary/aromatic N) is 7. The smallest absolute Gasteiger partial charge is 0.301 e. The summed E-state index contributed by atoms with van der Waals surface area (Å²) in [6.07, 6.45) is 2.67. The quantitative estimate of drug-likeness (QED) is 0.0580. The van der Waals surface area contributed by atoms with E-state index >= 15 is 8.78 Å². The minimum Gasteiger partial charge on any atom is -0.391 e. The van der Waals surface area contributed by atoms with Gasteiger partial charge < -0.3 is 30.5 Å². The van der Waals surface area contributed by atoms with Crippen molar-refractivity contribution < 1.29 is 45.9 Å². The first-order chi connectivity index (χ1) is 39.1. The zero-order valence-corrected chi connectivity index (χ0v) is 48.3. The molecule has 0 spiro atoms. The molecule has 4 saturated heterocycles. The van der Waals surface area contributed by atoms with Gasteiger partial charge in [-0.25, -0.2) is 23.1 Å². The molecule has 6 aromatic rings. The van der Waals surface area contributed by atoms with Crippen LogP contribution in [0.2, 0.25) is 0 Å². The van der Waals surface area contributed by atoms with Crippen LogP contribution in [0.25, 0.3) is 32.6 Å². The first-order valence-electron chi connectivity index (χ1n) is 27.9. The number of aryl methyl sites for hydroxylation is 1. The number of aliphatic hydroxyl groups excluding tert-OH is 1. The van der Waals surface area contributed by atoms with Crippen molar-refractivity contribution in [2.45, 2.75) is 90.7 Å². The number of H-pyrrole nitrogens is 1. The van der Waals surface area contributed by atoms with E-state index in [1.165, 1.54) is 11.1 Å². The molecule has 18 nitrogen and oxygen atoms in total. The van der Waals surface area contributed by atoms with E-state index in [0.717, 1.165) is 108 Å². The van der Waals surface area contributed by atoms with Crippen LogP contribution in [0.5, 0.6) is 0 Å². The highest BCUT2D eigenvalue weighted by atomic mass is 32.2. The molecule has 5 atom stereocenters. The van der Waals surface area contributed by atoms with Crippen molar-refractivity contribution in [2.75, 3.05) is 81.6 Å². The first-order valence-corrected chi connectivity index (χ1v) is 30.2. The maximum Gasteiger partial charge on any atom is 0.301 e. The number of thiazole rings is 1. The number of anilines is 2. The number of pyridine rings is 1. The maximum absolute atomic E-state index is 15.8. The number of fused-ring (bicyclic) bond motifs is 1. The molecule has 0 radical (unpaired) electrons. The molecule has 3 amide bonds. The number of aromatic nitrogens is 3. The predicted octanol–water partition coefficient (Wildman–Crippen LogP) is 7.08. The highest BCUT2D eigenvalue weighted by Gasteiger charge is 2.45. The summed E-state index contributed by atoms with van der Waals surface area (Å²) in [6, 6.07) is 17.2. The van der Waals surface area contributed by atoms with Gasteiger partial charge in [0.1, 0.15) is 29.7 Å². The summed E-state index contributed by atoms with van der Waals surface area (Å²) in [5.41, 5.74) is 5.22. The number of hydrogen-bond acceptors (Lipinski definition) is 13. The average Bonchev–Trinajstić information content (AvgIpc) is 4.13. The SMILES string of the molecule is Cc1ncsc1-c1ccc([C@H](C)NC(=O)[C@@H]2C[C@@H](O)CN2C(=O)[C@@H](NC(=O)CN2CCC(CN3CCN(c4ccc(-c5cnc6[nH]cc(C(=O)c7c(F)ccc(NS(=O)(=O)N8CC[C@@H](F)C8)c7F)c6c5)cc4)CC3)CC2)C(C)(C)C)cc1. The second-order valence-corrected chi connectivity index (χ2v) is 25.7. The van der Waals surface area contributed by atoms with Gasteiger partial charge in [0.05, 0.1) is 46.0 Å². The van der Waals surface area contributed by atoms with Crippen LogP contribution < -0.4 is 20.3 Å². The number of amides is 3. The minimum atomic E-state index is -4.37. The standard InChI is InChI=1S/C59H70F3N11O7S2/c1-35(38-6-8-40(9-7-38)54-36(2)65-34-81-54)66-57(77)49-27-44(74)32-73(49)58(78)55(59(3,4)5)67-50(75)33-69-19-16-37(17-20-69)30-70-22-24-71(25-23-70)43-12-10-39(11-13-43)41-26-45-46(29-64-56(45)63-28-41)53(76)51-47(61)14-15-48(52(51)62)68-82(79,80)72-21-18-42(60)31-72/h6-15,26,28-29,34-35,37,42,44,49,55,68,74H,16-25,27,30-33H2,1-5H3,(H,63,64)(H,66,77)(H,67,75)/t35-,42+,44+,49-,55+/m0/s1. The number of aliphatic hydroxyl groups is 1. The Labute approximate surface area is 479 Å². The minimum absolute atomic E-state index is 0.00539. The van der Waals surface area contributed by atoms with Gasteiger partial charge in [-0.1, -0.05) is 57.2 Å². The van der Waals surface area contributed by atoms with Gasteiger partial charge in [-0.3, -0.25) is 33.7 Å². The van der Waals surface area contributed by atoms with Gasteiger partial charge in [0.2, 0.25) is 23.5 Å². The monoisotopic (exact) mass is 1170 g/mol. The third-order valence-electron chi connectivity index (χ3n) is 16.4. The highest BCUT2D eigenvalue weighted by molar-refractivity contribution is 7.90. The zero-order valence-electron chi connectivity index (χ0n) is 46.6. The van der Waals surface area contributed by atoms with E-state index in [1.807, 2.05) is 93.4 Å². The second-order valence-electron chi connectivity index (χ2n) is 23.2. The third-order valence-corrected chi connectivity index (χ3v) is 18.8. The van der Waals surface area contributed by atoms with Crippen molar-refractivity contribution >= 4 is 67.5 Å². The number of likely N-dealkylation sites (tertiary alicyclic amines) is 2. The number of hydrogen-bond donors (Lipinski definition) is 5. The van der Waals surface area contributed by atoms with Gasteiger partial charge in [0.25, 0.3) is 0 Å². The predicted molar refractivity (Wildman–Crippen MR) is 309 cm³/mol. The third kappa shape index (κ3) is 12.9. The van der Waals surface area contributed by atoms with Crippen LogP contribution in [-0.4, -0.2) is 167 Å². The Morgan fingerprint density at radius 1 is 0.854 bits per heavy atom. The number of benzene rings is 3. The fourth-order valence-corrected chi connectivity index (χ4v) is 13.7. The largest absolute Gasteiger partial charge is 0.391 e. The lowest BCUT2D eigenvalue weighted by atomic mass is 9.85. The van der Waals surface area contributed by atoms with Crippen molar-refractivity contribution in [1.82, 2.24) is 44.6 Å². The molecule has 7 heterocycles. The Morgan fingerprint density at radius 3 is 2.22 bits per heavy atom. The molecule has 3 aromatic carbocycles. The normalized spacial score (nSPS) is 20.5. The van der Waals surface area contributed by atoms with Crippen molar-refractivity contribution in [3.63, 3.8) is 0 Å². The Balaban J connectivity index is 0.682. The molecule has 3 aromatic heterocycles. The average molecular weight is 1170 g/mol. The molecule has 0 unspecified atom stereocenters. The van der Waals surface area contributed by atoms with E-state index in [1.54, 1.807) is 23.6 Å². The number of nitrogens with one attached hydrogen (secondary N) is 4. The maximum atomic E-state index is 15.8. The number of rotatable bonds is 17. The van der Waals surface area contributed by atoms with E-state index in [9.17, 15) is 37.1 Å². The summed E-state index contributed by atoms with van der Waals surface area (Å²) in [5, 5.41) is 17.2. The fraction of sp³-hybridized carbons (Fsp3) is 0.458. The molecule has 82 heavy (non-hydrogen) atoms. The summed E-state index contributed by atoms with van der Waals surface area (Å²) in [4.78, 5) is 76.8. The molecule has 4 aliphatic heterocycles. The lowest BCUT2D eigenvalue weighted by molar-refractivity contribution is -0.144. The summed E-state index contributed by atoms with van der Waals surface area (Å²) < 4.78 is 73.4. The summed E-state index contributed by atoms with van der Waals surface area (Å²) in [7, 11) is -4.37. The molecule has 0 aliphatic carbocycles. The van der Waals surface area contributed by atoms with Crippen LogP contribution in [0.3, 0.4) is 0 Å². The number of piperidine rings is 1. The van der Waals surface area contributed by atoms with Gasteiger partial charge in [-0.2, -0.15) is 12.7 Å². The van der Waals surface area contributed by atoms with Gasteiger partial charge in [0, 0.05) is 93.4 Å².